The molecule has 0 aliphatic rings. The van der Waals surface area contributed by atoms with Crippen LogP contribution in [0, 0.1) is 6.92 Å². The number of benzene rings is 1. The van der Waals surface area contributed by atoms with Crippen LogP contribution in [0.2, 0.25) is 0 Å². The first kappa shape index (κ1) is 16.2. The van der Waals surface area contributed by atoms with Crippen LogP contribution in [0.1, 0.15) is 25.6 Å². The monoisotopic (exact) mass is 316 g/mol. The summed E-state index contributed by atoms with van der Waals surface area (Å²) < 4.78 is 5.44. The molecule has 1 amide bonds. The van der Waals surface area contributed by atoms with Crippen LogP contribution < -0.4 is 10.1 Å². The fourth-order valence-electron chi connectivity index (χ4n) is 2.00. The third-order valence-corrected chi connectivity index (χ3v) is 3.77. The fourth-order valence-corrected chi connectivity index (χ4v) is 2.84. The average molecular weight is 316 g/mol. The summed E-state index contributed by atoms with van der Waals surface area (Å²) in [6.07, 6.45) is 1.56. The van der Waals surface area contributed by atoms with Gasteiger partial charge in [0.2, 0.25) is 5.91 Å². The Kier molecular flexibility index (Phi) is 5.33. The van der Waals surface area contributed by atoms with Crippen molar-refractivity contribution in [3.8, 4) is 17.0 Å². The third-order valence-electron chi connectivity index (χ3n) is 2.89. The van der Waals surface area contributed by atoms with Gasteiger partial charge in [0.25, 0.3) is 0 Å². The minimum absolute atomic E-state index is 0.146. The van der Waals surface area contributed by atoms with Gasteiger partial charge >= 0.3 is 0 Å². The fraction of sp³-hybridized carbons (Fsp3) is 0.294. The van der Waals surface area contributed by atoms with Crippen molar-refractivity contribution < 1.29 is 9.53 Å². The number of nitrogens with zero attached hydrogens (tertiary/aromatic N) is 1. The van der Waals surface area contributed by atoms with Crippen LogP contribution in [-0.4, -0.2) is 17.5 Å². The zero-order valence-corrected chi connectivity index (χ0v) is 14.1. The van der Waals surface area contributed by atoms with E-state index in [1.165, 1.54) is 11.3 Å². The van der Waals surface area contributed by atoms with Gasteiger partial charge in [-0.15, -0.1) is 11.3 Å². The lowest BCUT2D eigenvalue weighted by Crippen LogP contribution is -2.07. The van der Waals surface area contributed by atoms with Crippen molar-refractivity contribution in [2.45, 2.75) is 27.7 Å². The molecule has 1 N–H and O–H groups in total. The largest absolute Gasteiger partial charge is 0.494 e. The summed E-state index contributed by atoms with van der Waals surface area (Å²) >= 11 is 1.48. The molecule has 0 radical (unpaired) electrons. The lowest BCUT2D eigenvalue weighted by Gasteiger charge is -2.04. The number of carbonyl (C=O) groups excluding carboxylic acids is 1. The van der Waals surface area contributed by atoms with E-state index in [2.05, 4.69) is 10.3 Å². The topological polar surface area (TPSA) is 51.2 Å². The highest BCUT2D eigenvalue weighted by Gasteiger charge is 2.11. The third kappa shape index (κ3) is 4.18. The van der Waals surface area contributed by atoms with Crippen molar-refractivity contribution in [3.05, 3.63) is 40.8 Å². The van der Waals surface area contributed by atoms with Gasteiger partial charge in [-0.05, 0) is 52.0 Å². The van der Waals surface area contributed by atoms with Crippen LogP contribution in [0.15, 0.2) is 35.9 Å². The van der Waals surface area contributed by atoms with E-state index in [4.69, 9.17) is 4.74 Å². The molecule has 22 heavy (non-hydrogen) atoms. The summed E-state index contributed by atoms with van der Waals surface area (Å²) in [5.41, 5.74) is 2.86. The van der Waals surface area contributed by atoms with Gasteiger partial charge in [-0.2, -0.15) is 0 Å². The molecule has 116 valence electrons. The quantitative estimate of drug-likeness (QED) is 0.831. The standard InChI is InChI=1S/C17H20N2O2S/c1-5-21-14-8-6-13(7-9-14)16-12(4)22-17(19-16)18-15(20)10-11(2)3/h6-10H,5H2,1-4H3,(H,18,19,20). The molecule has 0 aliphatic heterocycles. The lowest BCUT2D eigenvalue weighted by atomic mass is 10.1. The van der Waals surface area contributed by atoms with Gasteiger partial charge in [-0.1, -0.05) is 5.57 Å². The van der Waals surface area contributed by atoms with Crippen LogP contribution in [-0.2, 0) is 4.79 Å². The normalized spacial score (nSPS) is 10.2. The Morgan fingerprint density at radius 1 is 1.32 bits per heavy atom. The van der Waals surface area contributed by atoms with Crippen molar-refractivity contribution in [2.24, 2.45) is 0 Å². The summed E-state index contributed by atoms with van der Waals surface area (Å²) in [5, 5.41) is 3.42. The molecule has 0 aliphatic carbocycles. The van der Waals surface area contributed by atoms with E-state index in [9.17, 15) is 4.79 Å². The van der Waals surface area contributed by atoms with Crippen LogP contribution >= 0.6 is 11.3 Å². The van der Waals surface area contributed by atoms with Crippen LogP contribution in [0.3, 0.4) is 0 Å². The Balaban J connectivity index is 2.19. The number of hydrogen-bond donors (Lipinski definition) is 1. The molecule has 0 unspecified atom stereocenters. The van der Waals surface area contributed by atoms with Crippen molar-refractivity contribution in [3.63, 3.8) is 0 Å². The first-order valence-electron chi connectivity index (χ1n) is 7.16. The second-order valence-corrected chi connectivity index (χ2v) is 6.30. The summed E-state index contributed by atoms with van der Waals surface area (Å²) in [7, 11) is 0. The number of ether oxygens (including phenoxy) is 1. The molecule has 0 fully saturated rings. The number of amides is 1. The van der Waals surface area contributed by atoms with Crippen molar-refractivity contribution in [1.82, 2.24) is 4.98 Å². The first-order chi connectivity index (χ1) is 10.5. The summed E-state index contributed by atoms with van der Waals surface area (Å²) in [5.74, 6) is 0.697. The van der Waals surface area contributed by atoms with Crippen LogP contribution in [0.25, 0.3) is 11.3 Å². The molecule has 0 bridgehead atoms. The molecule has 0 saturated heterocycles. The maximum absolute atomic E-state index is 11.8. The van der Waals surface area contributed by atoms with Crippen molar-refractivity contribution in [2.75, 3.05) is 11.9 Å². The molecule has 2 rings (SSSR count). The molecule has 1 aromatic heterocycles. The molecule has 1 aromatic carbocycles. The lowest BCUT2D eigenvalue weighted by molar-refractivity contribution is -0.111. The maximum Gasteiger partial charge on any atom is 0.250 e. The Labute approximate surface area is 134 Å². The Hall–Kier alpha value is -2.14. The summed E-state index contributed by atoms with van der Waals surface area (Å²) in [6.45, 7) is 8.38. The van der Waals surface area contributed by atoms with Crippen LogP contribution in [0.5, 0.6) is 5.75 Å². The summed E-state index contributed by atoms with van der Waals surface area (Å²) in [4.78, 5) is 17.3. The number of thiazole rings is 1. The first-order valence-corrected chi connectivity index (χ1v) is 7.97. The molecule has 4 nitrogen and oxygen atoms in total. The van der Waals surface area contributed by atoms with E-state index in [0.717, 1.165) is 27.5 Å². The van der Waals surface area contributed by atoms with E-state index in [1.807, 2.05) is 52.0 Å². The number of nitrogens with one attached hydrogen (secondary N) is 1. The predicted octanol–water partition coefficient (Wildman–Crippen LogP) is 4.42. The van der Waals surface area contributed by atoms with E-state index in [1.54, 1.807) is 6.08 Å². The van der Waals surface area contributed by atoms with E-state index in [-0.39, 0.29) is 5.91 Å². The molecular formula is C17H20N2O2S. The highest BCUT2D eigenvalue weighted by molar-refractivity contribution is 7.16. The van der Waals surface area contributed by atoms with Crippen molar-refractivity contribution in [1.29, 1.82) is 0 Å². The Morgan fingerprint density at radius 3 is 2.59 bits per heavy atom. The van der Waals surface area contributed by atoms with Gasteiger partial charge in [-0.3, -0.25) is 10.1 Å². The SMILES string of the molecule is CCOc1ccc(-c2nc(NC(=O)C=C(C)C)sc2C)cc1. The van der Waals surface area contributed by atoms with E-state index in [0.29, 0.717) is 11.7 Å². The zero-order valence-electron chi connectivity index (χ0n) is 13.3. The molecule has 0 atom stereocenters. The maximum atomic E-state index is 11.8. The van der Waals surface area contributed by atoms with Gasteiger partial charge in [0, 0.05) is 16.5 Å². The minimum Gasteiger partial charge on any atom is -0.494 e. The molecule has 2 aromatic rings. The van der Waals surface area contributed by atoms with Gasteiger partial charge in [-0.25, -0.2) is 4.98 Å². The second kappa shape index (κ2) is 7.22. The average Bonchev–Trinajstić information content (AvgIpc) is 2.79. The van der Waals surface area contributed by atoms with Gasteiger partial charge < -0.3 is 4.74 Å². The smallest absolute Gasteiger partial charge is 0.250 e. The number of carbonyl (C=O) groups is 1. The predicted molar refractivity (Wildman–Crippen MR) is 91.5 cm³/mol. The number of anilines is 1. The highest BCUT2D eigenvalue weighted by Crippen LogP contribution is 2.31. The van der Waals surface area contributed by atoms with E-state index >= 15 is 0 Å². The number of allylic oxidation sites excluding steroid dienone is 1. The number of aryl methyl sites for hydroxylation is 1. The van der Waals surface area contributed by atoms with Gasteiger partial charge in [0.15, 0.2) is 5.13 Å². The van der Waals surface area contributed by atoms with Gasteiger partial charge in [0.1, 0.15) is 5.75 Å². The van der Waals surface area contributed by atoms with Crippen molar-refractivity contribution >= 4 is 22.4 Å². The number of aromatic nitrogens is 1. The zero-order chi connectivity index (χ0) is 16.1. The van der Waals surface area contributed by atoms with Gasteiger partial charge in [0.05, 0.1) is 12.3 Å². The molecular weight excluding hydrogens is 296 g/mol. The molecule has 0 spiro atoms. The number of hydrogen-bond acceptors (Lipinski definition) is 4. The van der Waals surface area contributed by atoms with Crippen LogP contribution in [0.4, 0.5) is 5.13 Å². The minimum atomic E-state index is -0.146. The Morgan fingerprint density at radius 2 is 2.00 bits per heavy atom. The molecule has 1 heterocycles. The second-order valence-electron chi connectivity index (χ2n) is 5.09. The number of rotatable bonds is 5. The highest BCUT2D eigenvalue weighted by atomic mass is 32.1. The summed E-state index contributed by atoms with van der Waals surface area (Å²) in [6, 6.07) is 7.82. The van der Waals surface area contributed by atoms with E-state index < -0.39 is 0 Å². The molecule has 0 saturated carbocycles. The Bertz CT molecular complexity index is 683. The molecule has 5 heteroatoms.